The van der Waals surface area contributed by atoms with E-state index < -0.39 is 0 Å². The van der Waals surface area contributed by atoms with E-state index in [0.717, 1.165) is 12.8 Å². The second-order valence-corrected chi connectivity index (χ2v) is 5.21. The Morgan fingerprint density at radius 2 is 1.81 bits per heavy atom. The van der Waals surface area contributed by atoms with Gasteiger partial charge in [-0.2, -0.15) is 20.1 Å². The molecule has 1 fully saturated rings. The van der Waals surface area contributed by atoms with Crippen LogP contribution in [0.25, 0.3) is 5.95 Å². The van der Waals surface area contributed by atoms with Crippen LogP contribution in [-0.2, 0) is 0 Å². The van der Waals surface area contributed by atoms with E-state index in [-0.39, 0.29) is 0 Å². The van der Waals surface area contributed by atoms with E-state index in [1.165, 1.54) is 25.7 Å². The average Bonchev–Trinajstić information content (AvgIpc) is 2.93. The van der Waals surface area contributed by atoms with Crippen molar-refractivity contribution in [2.75, 3.05) is 10.7 Å². The van der Waals surface area contributed by atoms with Crippen LogP contribution >= 0.6 is 0 Å². The Kier molecular flexibility index (Phi) is 4.25. The van der Waals surface area contributed by atoms with Crippen molar-refractivity contribution in [2.45, 2.75) is 44.6 Å². The number of nitrogens with one attached hydrogen (secondary N) is 2. The normalized spacial score (nSPS) is 16.4. The van der Waals surface area contributed by atoms with Gasteiger partial charge in [-0.05, 0) is 18.9 Å². The predicted molar refractivity (Wildman–Crippen MR) is 79.9 cm³/mol. The predicted octanol–water partition coefficient (Wildman–Crippen LogP) is 1.48. The zero-order valence-corrected chi connectivity index (χ0v) is 11.9. The summed E-state index contributed by atoms with van der Waals surface area (Å²) >= 11 is 0. The minimum atomic E-state index is 0.326. The molecule has 8 heteroatoms. The highest BCUT2D eigenvalue weighted by Gasteiger charge is 2.15. The number of nitrogens with two attached hydrogens (primary N) is 1. The number of hydrogen-bond acceptors (Lipinski definition) is 7. The van der Waals surface area contributed by atoms with Crippen LogP contribution in [0.15, 0.2) is 18.5 Å². The molecule has 0 bridgehead atoms. The molecule has 2 aromatic heterocycles. The zero-order chi connectivity index (χ0) is 14.5. The molecule has 21 heavy (non-hydrogen) atoms. The number of nitrogens with zero attached hydrogens (tertiary/aromatic N) is 5. The lowest BCUT2D eigenvalue weighted by Gasteiger charge is -2.16. The molecule has 2 heterocycles. The average molecular weight is 288 g/mol. The Morgan fingerprint density at radius 3 is 2.48 bits per heavy atom. The van der Waals surface area contributed by atoms with Gasteiger partial charge in [0.05, 0.1) is 0 Å². The zero-order valence-electron chi connectivity index (χ0n) is 11.9. The first-order chi connectivity index (χ1) is 10.3. The molecule has 0 atom stereocenters. The molecule has 1 aliphatic rings. The van der Waals surface area contributed by atoms with Crippen molar-refractivity contribution in [1.29, 1.82) is 0 Å². The van der Waals surface area contributed by atoms with Gasteiger partial charge in [0.15, 0.2) is 0 Å². The van der Waals surface area contributed by atoms with Crippen molar-refractivity contribution in [1.82, 2.24) is 24.7 Å². The van der Waals surface area contributed by atoms with E-state index in [4.69, 9.17) is 5.84 Å². The molecule has 8 nitrogen and oxygen atoms in total. The molecular formula is C13H20N8. The van der Waals surface area contributed by atoms with E-state index in [0.29, 0.717) is 23.9 Å². The molecule has 0 aromatic carbocycles. The summed E-state index contributed by atoms with van der Waals surface area (Å²) in [6, 6.07) is 2.23. The number of anilines is 2. The van der Waals surface area contributed by atoms with Gasteiger partial charge in [0.1, 0.15) is 0 Å². The summed E-state index contributed by atoms with van der Waals surface area (Å²) in [7, 11) is 0. The van der Waals surface area contributed by atoms with Gasteiger partial charge in [-0.15, -0.1) is 0 Å². The summed E-state index contributed by atoms with van der Waals surface area (Å²) in [5.74, 6) is 6.75. The molecule has 0 spiro atoms. The van der Waals surface area contributed by atoms with Crippen LogP contribution in [0.1, 0.15) is 38.5 Å². The highest BCUT2D eigenvalue weighted by molar-refractivity contribution is 5.37. The molecular weight excluding hydrogens is 268 g/mol. The molecule has 4 N–H and O–H groups in total. The first kappa shape index (κ1) is 13.7. The molecule has 1 aliphatic carbocycles. The van der Waals surface area contributed by atoms with Crippen LogP contribution < -0.4 is 16.6 Å². The van der Waals surface area contributed by atoms with Crippen LogP contribution in [0.3, 0.4) is 0 Å². The fourth-order valence-electron chi connectivity index (χ4n) is 2.59. The van der Waals surface area contributed by atoms with Gasteiger partial charge in [-0.3, -0.25) is 5.43 Å². The number of nitrogen functional groups attached to an aromatic ring is 1. The third-order valence-corrected chi connectivity index (χ3v) is 3.65. The smallest absolute Gasteiger partial charge is 0.257 e. The van der Waals surface area contributed by atoms with Gasteiger partial charge in [0, 0.05) is 18.4 Å². The van der Waals surface area contributed by atoms with Crippen molar-refractivity contribution in [3.05, 3.63) is 18.5 Å². The third kappa shape index (κ3) is 3.46. The first-order valence-corrected chi connectivity index (χ1v) is 7.34. The van der Waals surface area contributed by atoms with Crippen LogP contribution in [0.4, 0.5) is 11.9 Å². The minimum Gasteiger partial charge on any atom is -0.351 e. The molecule has 3 rings (SSSR count). The largest absolute Gasteiger partial charge is 0.351 e. The van der Waals surface area contributed by atoms with Crippen LogP contribution in [-0.4, -0.2) is 30.8 Å². The van der Waals surface area contributed by atoms with Crippen molar-refractivity contribution in [3.63, 3.8) is 0 Å². The van der Waals surface area contributed by atoms with E-state index in [1.807, 2.05) is 6.07 Å². The minimum absolute atomic E-state index is 0.326. The third-order valence-electron chi connectivity index (χ3n) is 3.65. The van der Waals surface area contributed by atoms with E-state index in [9.17, 15) is 0 Å². The lowest BCUT2D eigenvalue weighted by Crippen LogP contribution is -2.22. The standard InChI is InChI=1S/C13H20N8/c14-20-12-17-11(16-10-6-3-1-2-4-7-10)18-13(19-12)21-9-5-8-15-21/h5,8-10H,1-4,6-7,14H2,(H2,16,17,18,19,20). The van der Waals surface area contributed by atoms with Gasteiger partial charge in [-0.25, -0.2) is 10.5 Å². The van der Waals surface area contributed by atoms with Gasteiger partial charge in [0.2, 0.25) is 11.9 Å². The molecule has 0 radical (unpaired) electrons. The number of aromatic nitrogens is 5. The van der Waals surface area contributed by atoms with Gasteiger partial charge in [-0.1, -0.05) is 25.7 Å². The first-order valence-electron chi connectivity index (χ1n) is 7.34. The monoisotopic (exact) mass is 288 g/mol. The molecule has 0 aliphatic heterocycles. The van der Waals surface area contributed by atoms with Crippen LogP contribution in [0.2, 0.25) is 0 Å². The second-order valence-electron chi connectivity index (χ2n) is 5.21. The molecule has 2 aromatic rings. The molecule has 0 saturated heterocycles. The van der Waals surface area contributed by atoms with E-state index in [1.54, 1.807) is 17.1 Å². The Morgan fingerprint density at radius 1 is 1.05 bits per heavy atom. The Hall–Kier alpha value is -2.22. The summed E-state index contributed by atoms with van der Waals surface area (Å²) in [5.41, 5.74) is 2.48. The number of rotatable bonds is 4. The Labute approximate surface area is 123 Å². The molecule has 1 saturated carbocycles. The number of hydrogen-bond donors (Lipinski definition) is 3. The van der Waals surface area contributed by atoms with Crippen LogP contribution in [0.5, 0.6) is 0 Å². The summed E-state index contributed by atoms with van der Waals surface area (Å²) in [6.07, 6.45) is 10.9. The summed E-state index contributed by atoms with van der Waals surface area (Å²) < 4.78 is 1.58. The quantitative estimate of drug-likeness (QED) is 0.444. The van der Waals surface area contributed by atoms with Crippen molar-refractivity contribution in [3.8, 4) is 5.95 Å². The van der Waals surface area contributed by atoms with Crippen molar-refractivity contribution >= 4 is 11.9 Å². The fraction of sp³-hybridized carbons (Fsp3) is 0.538. The fourth-order valence-corrected chi connectivity index (χ4v) is 2.59. The maximum atomic E-state index is 5.44. The second kappa shape index (κ2) is 6.49. The van der Waals surface area contributed by atoms with E-state index in [2.05, 4.69) is 30.8 Å². The van der Waals surface area contributed by atoms with Gasteiger partial charge in [0.25, 0.3) is 5.95 Å². The highest BCUT2D eigenvalue weighted by Crippen LogP contribution is 2.20. The Balaban J connectivity index is 1.82. The summed E-state index contributed by atoms with van der Waals surface area (Å²) in [4.78, 5) is 12.9. The highest BCUT2D eigenvalue weighted by atomic mass is 15.4. The maximum Gasteiger partial charge on any atom is 0.257 e. The maximum absolute atomic E-state index is 5.44. The summed E-state index contributed by atoms with van der Waals surface area (Å²) in [5, 5.41) is 7.53. The number of hydrazine groups is 1. The van der Waals surface area contributed by atoms with Gasteiger partial charge < -0.3 is 5.32 Å². The summed E-state index contributed by atoms with van der Waals surface area (Å²) in [6.45, 7) is 0. The van der Waals surface area contributed by atoms with Crippen molar-refractivity contribution < 1.29 is 0 Å². The van der Waals surface area contributed by atoms with Crippen molar-refractivity contribution in [2.24, 2.45) is 5.84 Å². The topological polar surface area (TPSA) is 107 Å². The lowest BCUT2D eigenvalue weighted by molar-refractivity contribution is 0.613. The van der Waals surface area contributed by atoms with Crippen LogP contribution in [0, 0.1) is 0 Å². The van der Waals surface area contributed by atoms with E-state index >= 15 is 0 Å². The molecule has 112 valence electrons. The molecule has 0 unspecified atom stereocenters. The van der Waals surface area contributed by atoms with Gasteiger partial charge >= 0.3 is 0 Å². The Bertz CT molecular complexity index is 560. The SMILES string of the molecule is NNc1nc(NC2CCCCCC2)nc(-n2cccn2)n1. The molecule has 0 amide bonds. The lowest BCUT2D eigenvalue weighted by atomic mass is 10.1.